The standard InChI is InChI=1S/C31H32N2O6/c1-5-38-25-15-13-22(14-16-25)30-18-29(32-33(30)21(2)34)23-10-8-11-26(17-23)39-19-24-9-6-7-12-27(24)28(20-36-3)31(35)37-4/h6-17,20,30H,5,18-19H2,1-4H3/b28-20-. The summed E-state index contributed by atoms with van der Waals surface area (Å²) in [6.45, 7) is 4.27. The van der Waals surface area contributed by atoms with E-state index in [1.807, 2.05) is 79.7 Å². The third-order valence-electron chi connectivity index (χ3n) is 6.32. The van der Waals surface area contributed by atoms with Gasteiger partial charge < -0.3 is 18.9 Å². The Hall–Kier alpha value is -4.59. The van der Waals surface area contributed by atoms with Gasteiger partial charge in [0.05, 0.1) is 38.8 Å². The number of hydrogen-bond acceptors (Lipinski definition) is 7. The number of methoxy groups -OCH3 is 2. The topological polar surface area (TPSA) is 86.7 Å². The van der Waals surface area contributed by atoms with E-state index in [-0.39, 0.29) is 18.6 Å². The summed E-state index contributed by atoms with van der Waals surface area (Å²) in [7, 11) is 2.81. The lowest BCUT2D eigenvalue weighted by Crippen LogP contribution is -2.24. The van der Waals surface area contributed by atoms with Crippen molar-refractivity contribution < 1.29 is 28.5 Å². The van der Waals surface area contributed by atoms with Crippen LogP contribution in [0.2, 0.25) is 0 Å². The van der Waals surface area contributed by atoms with Crippen LogP contribution in [0.25, 0.3) is 5.57 Å². The molecule has 1 aliphatic rings. The number of ether oxygens (including phenoxy) is 4. The van der Waals surface area contributed by atoms with Gasteiger partial charge in [-0.1, -0.05) is 48.5 Å². The van der Waals surface area contributed by atoms with Gasteiger partial charge in [-0.15, -0.1) is 0 Å². The molecule has 1 atom stereocenters. The zero-order chi connectivity index (χ0) is 27.8. The molecule has 0 N–H and O–H groups in total. The average molecular weight is 529 g/mol. The maximum Gasteiger partial charge on any atom is 0.341 e. The number of carbonyl (C=O) groups excluding carboxylic acids is 2. The Morgan fingerprint density at radius 3 is 2.44 bits per heavy atom. The van der Waals surface area contributed by atoms with Gasteiger partial charge in [-0.25, -0.2) is 9.80 Å². The van der Waals surface area contributed by atoms with Gasteiger partial charge in [0, 0.05) is 18.9 Å². The van der Waals surface area contributed by atoms with Crippen LogP contribution < -0.4 is 9.47 Å². The zero-order valence-corrected chi connectivity index (χ0v) is 22.5. The Morgan fingerprint density at radius 2 is 1.74 bits per heavy atom. The van der Waals surface area contributed by atoms with Crippen molar-refractivity contribution in [3.05, 3.63) is 101 Å². The highest BCUT2D eigenvalue weighted by molar-refractivity contribution is 6.16. The number of benzene rings is 3. The predicted octanol–water partition coefficient (Wildman–Crippen LogP) is 5.52. The summed E-state index contributed by atoms with van der Waals surface area (Å²) < 4.78 is 21.7. The Kier molecular flexibility index (Phi) is 8.99. The summed E-state index contributed by atoms with van der Waals surface area (Å²) in [5.41, 5.74) is 4.42. The van der Waals surface area contributed by atoms with Crippen LogP contribution in [0.5, 0.6) is 11.5 Å². The molecule has 8 nitrogen and oxygen atoms in total. The molecule has 0 spiro atoms. The quantitative estimate of drug-likeness (QED) is 0.196. The summed E-state index contributed by atoms with van der Waals surface area (Å²) in [5.74, 6) is 0.804. The summed E-state index contributed by atoms with van der Waals surface area (Å²) in [6, 6.07) is 22.6. The van der Waals surface area contributed by atoms with Crippen molar-refractivity contribution >= 4 is 23.2 Å². The molecule has 0 radical (unpaired) electrons. The van der Waals surface area contributed by atoms with Crippen molar-refractivity contribution in [1.82, 2.24) is 5.01 Å². The molecular formula is C31H32N2O6. The molecule has 4 rings (SSSR count). The van der Waals surface area contributed by atoms with Crippen LogP contribution in [-0.2, 0) is 25.7 Å². The van der Waals surface area contributed by atoms with Crippen molar-refractivity contribution in [2.24, 2.45) is 5.10 Å². The highest BCUT2D eigenvalue weighted by Crippen LogP contribution is 2.34. The van der Waals surface area contributed by atoms with E-state index in [0.717, 1.165) is 28.2 Å². The van der Waals surface area contributed by atoms with Gasteiger partial charge >= 0.3 is 5.97 Å². The first-order chi connectivity index (χ1) is 18.9. The van der Waals surface area contributed by atoms with Gasteiger partial charge in [0.2, 0.25) is 5.91 Å². The Morgan fingerprint density at radius 1 is 0.974 bits per heavy atom. The van der Waals surface area contributed by atoms with E-state index in [4.69, 9.17) is 18.9 Å². The second-order valence-corrected chi connectivity index (χ2v) is 8.86. The van der Waals surface area contributed by atoms with Crippen LogP contribution in [0.3, 0.4) is 0 Å². The van der Waals surface area contributed by atoms with Crippen LogP contribution in [0, 0.1) is 0 Å². The number of nitrogens with zero attached hydrogens (tertiary/aromatic N) is 2. The van der Waals surface area contributed by atoms with E-state index in [1.165, 1.54) is 32.4 Å². The molecule has 39 heavy (non-hydrogen) atoms. The van der Waals surface area contributed by atoms with Crippen LogP contribution in [0.4, 0.5) is 0 Å². The van der Waals surface area contributed by atoms with Gasteiger partial charge in [0.15, 0.2) is 0 Å². The third kappa shape index (κ3) is 6.46. The van der Waals surface area contributed by atoms with Gasteiger partial charge in [0.1, 0.15) is 23.7 Å². The van der Waals surface area contributed by atoms with Gasteiger partial charge in [-0.05, 0) is 47.9 Å². The largest absolute Gasteiger partial charge is 0.503 e. The smallest absolute Gasteiger partial charge is 0.341 e. The lowest BCUT2D eigenvalue weighted by atomic mass is 9.98. The molecule has 202 valence electrons. The van der Waals surface area contributed by atoms with Gasteiger partial charge in [-0.3, -0.25) is 4.79 Å². The molecular weight excluding hydrogens is 496 g/mol. The second kappa shape index (κ2) is 12.8. The molecule has 1 heterocycles. The fourth-order valence-electron chi connectivity index (χ4n) is 4.47. The Labute approximate surface area is 228 Å². The van der Waals surface area contributed by atoms with E-state index in [9.17, 15) is 9.59 Å². The highest BCUT2D eigenvalue weighted by Gasteiger charge is 2.31. The van der Waals surface area contributed by atoms with Crippen LogP contribution in [0.1, 0.15) is 48.6 Å². The summed E-state index contributed by atoms with van der Waals surface area (Å²) in [5, 5.41) is 6.19. The van der Waals surface area contributed by atoms with E-state index in [0.29, 0.717) is 29.9 Å². The van der Waals surface area contributed by atoms with E-state index in [1.54, 1.807) is 0 Å². The molecule has 0 saturated carbocycles. The molecule has 0 bridgehead atoms. The highest BCUT2D eigenvalue weighted by atomic mass is 16.5. The van der Waals surface area contributed by atoms with Crippen molar-refractivity contribution in [2.75, 3.05) is 20.8 Å². The molecule has 0 fully saturated rings. The van der Waals surface area contributed by atoms with E-state index >= 15 is 0 Å². The van der Waals surface area contributed by atoms with E-state index < -0.39 is 5.97 Å². The summed E-state index contributed by atoms with van der Waals surface area (Å²) in [4.78, 5) is 24.7. The maximum absolute atomic E-state index is 12.4. The summed E-state index contributed by atoms with van der Waals surface area (Å²) >= 11 is 0. The third-order valence-corrected chi connectivity index (χ3v) is 6.32. The fourth-order valence-corrected chi connectivity index (χ4v) is 4.47. The van der Waals surface area contributed by atoms with Crippen molar-refractivity contribution in [1.29, 1.82) is 0 Å². The monoisotopic (exact) mass is 528 g/mol. The minimum atomic E-state index is -0.498. The first-order valence-corrected chi connectivity index (χ1v) is 12.7. The Bertz CT molecular complexity index is 1380. The van der Waals surface area contributed by atoms with Crippen LogP contribution in [0.15, 0.2) is 84.2 Å². The molecule has 3 aromatic rings. The molecule has 8 heteroatoms. The van der Waals surface area contributed by atoms with Gasteiger partial charge in [-0.2, -0.15) is 5.10 Å². The minimum absolute atomic E-state index is 0.126. The molecule has 0 saturated heterocycles. The number of hydrazone groups is 1. The number of rotatable bonds is 10. The Balaban J connectivity index is 1.53. The first kappa shape index (κ1) is 27.4. The van der Waals surface area contributed by atoms with E-state index in [2.05, 4.69) is 5.10 Å². The zero-order valence-electron chi connectivity index (χ0n) is 22.5. The average Bonchev–Trinajstić information content (AvgIpc) is 3.42. The normalized spacial score (nSPS) is 15.0. The molecule has 3 aromatic carbocycles. The van der Waals surface area contributed by atoms with Crippen LogP contribution in [-0.4, -0.2) is 43.4 Å². The maximum atomic E-state index is 12.4. The number of hydrogen-bond donors (Lipinski definition) is 0. The number of carbonyl (C=O) groups is 2. The fraction of sp³-hybridized carbons (Fsp3) is 0.258. The number of esters is 1. The lowest BCUT2D eigenvalue weighted by molar-refractivity contribution is -0.134. The molecule has 0 aromatic heterocycles. The molecule has 1 amide bonds. The van der Waals surface area contributed by atoms with Crippen molar-refractivity contribution in [3.8, 4) is 11.5 Å². The lowest BCUT2D eigenvalue weighted by Gasteiger charge is -2.20. The SMILES string of the molecule is CCOc1ccc(C2CC(c3cccc(OCc4ccccc4/C(=C/OC)C(=O)OC)c3)=NN2C(C)=O)cc1. The van der Waals surface area contributed by atoms with Crippen molar-refractivity contribution in [2.45, 2.75) is 32.9 Å². The van der Waals surface area contributed by atoms with Gasteiger partial charge in [0.25, 0.3) is 0 Å². The summed E-state index contributed by atoms with van der Waals surface area (Å²) in [6.07, 6.45) is 1.94. The van der Waals surface area contributed by atoms with Crippen LogP contribution >= 0.6 is 0 Å². The predicted molar refractivity (Wildman–Crippen MR) is 148 cm³/mol. The molecule has 0 aliphatic carbocycles. The molecule has 1 aliphatic heterocycles. The first-order valence-electron chi connectivity index (χ1n) is 12.7. The number of amides is 1. The van der Waals surface area contributed by atoms with Crippen molar-refractivity contribution in [3.63, 3.8) is 0 Å². The molecule has 1 unspecified atom stereocenters. The second-order valence-electron chi connectivity index (χ2n) is 8.86. The minimum Gasteiger partial charge on any atom is -0.503 e.